The van der Waals surface area contributed by atoms with Crippen LogP contribution in [0.25, 0.3) is 0 Å². The lowest BCUT2D eigenvalue weighted by Crippen LogP contribution is -2.34. The molecule has 2 fully saturated rings. The van der Waals surface area contributed by atoms with E-state index >= 15 is 0 Å². The molecule has 0 saturated heterocycles. The molecule has 0 unspecified atom stereocenters. The van der Waals surface area contributed by atoms with Gasteiger partial charge < -0.3 is 30.2 Å². The highest BCUT2D eigenvalue weighted by atomic mass is 16.5. The highest BCUT2D eigenvalue weighted by Crippen LogP contribution is 2.32. The van der Waals surface area contributed by atoms with Gasteiger partial charge >= 0.3 is 0 Å². The summed E-state index contributed by atoms with van der Waals surface area (Å²) in [4.78, 5) is 16.5. The van der Waals surface area contributed by atoms with E-state index in [1.807, 2.05) is 18.2 Å². The minimum Gasteiger partial charge on any atom is -0.490 e. The van der Waals surface area contributed by atoms with Gasteiger partial charge in [-0.3, -0.25) is 4.79 Å². The molecule has 1 amide bonds. The van der Waals surface area contributed by atoms with E-state index in [1.54, 1.807) is 0 Å². The molecule has 1 aliphatic heterocycles. The minimum atomic E-state index is -0.0509. The normalized spacial score (nSPS) is 18.5. The molecule has 164 valence electrons. The van der Waals surface area contributed by atoms with Crippen molar-refractivity contribution < 1.29 is 19.0 Å². The average molecular weight is 417 g/mol. The van der Waals surface area contributed by atoms with E-state index in [1.165, 1.54) is 12.8 Å². The topological polar surface area (TPSA) is 93.2 Å². The molecule has 2 saturated carbocycles. The number of hydrogen-bond donors (Lipinski definition) is 3. The SMILES string of the molecule is O=C(CN=C(NCCCOCC1CC1)Nc1ccc2c(c1)OCCCO2)NC1CC1. The van der Waals surface area contributed by atoms with Gasteiger partial charge in [-0.05, 0) is 50.2 Å². The molecule has 1 aromatic carbocycles. The van der Waals surface area contributed by atoms with Gasteiger partial charge in [0, 0.05) is 44.0 Å². The van der Waals surface area contributed by atoms with Crippen molar-refractivity contribution in [1.82, 2.24) is 10.6 Å². The zero-order valence-electron chi connectivity index (χ0n) is 17.5. The number of nitrogens with one attached hydrogen (secondary N) is 3. The predicted octanol–water partition coefficient (Wildman–Crippen LogP) is 2.30. The van der Waals surface area contributed by atoms with Crippen molar-refractivity contribution in [2.24, 2.45) is 10.9 Å². The molecule has 8 heteroatoms. The smallest absolute Gasteiger partial charge is 0.242 e. The third-order valence-corrected chi connectivity index (χ3v) is 5.14. The van der Waals surface area contributed by atoms with Gasteiger partial charge in [0.2, 0.25) is 5.91 Å². The number of amides is 1. The van der Waals surface area contributed by atoms with Crippen LogP contribution in [0.3, 0.4) is 0 Å². The lowest BCUT2D eigenvalue weighted by molar-refractivity contribution is -0.119. The fraction of sp³-hybridized carbons (Fsp3) is 0.636. The molecule has 2 aliphatic carbocycles. The van der Waals surface area contributed by atoms with E-state index < -0.39 is 0 Å². The Kier molecular flexibility index (Phi) is 7.29. The summed E-state index contributed by atoms with van der Waals surface area (Å²) in [6.45, 7) is 3.70. The first-order valence-electron chi connectivity index (χ1n) is 11.1. The van der Waals surface area contributed by atoms with Gasteiger partial charge in [0.05, 0.1) is 13.2 Å². The van der Waals surface area contributed by atoms with Gasteiger partial charge in [0.25, 0.3) is 0 Å². The van der Waals surface area contributed by atoms with Crippen molar-refractivity contribution in [3.8, 4) is 11.5 Å². The predicted molar refractivity (Wildman–Crippen MR) is 115 cm³/mol. The Bertz CT molecular complexity index is 747. The lowest BCUT2D eigenvalue weighted by Gasteiger charge is -2.15. The first-order valence-corrected chi connectivity index (χ1v) is 11.1. The summed E-state index contributed by atoms with van der Waals surface area (Å²) in [5, 5.41) is 9.53. The number of rotatable bonds is 10. The summed E-state index contributed by atoms with van der Waals surface area (Å²) in [5.74, 6) is 2.77. The van der Waals surface area contributed by atoms with E-state index in [2.05, 4.69) is 20.9 Å². The van der Waals surface area contributed by atoms with Gasteiger partial charge in [-0.15, -0.1) is 0 Å². The molecule has 0 atom stereocenters. The molecule has 4 rings (SSSR count). The van der Waals surface area contributed by atoms with Crippen LogP contribution in [0.5, 0.6) is 11.5 Å². The van der Waals surface area contributed by atoms with Gasteiger partial charge in [-0.1, -0.05) is 0 Å². The number of ether oxygens (including phenoxy) is 3. The van der Waals surface area contributed by atoms with Gasteiger partial charge in [0.15, 0.2) is 17.5 Å². The average Bonchev–Trinajstić information content (AvgIpc) is 3.62. The number of benzene rings is 1. The minimum absolute atomic E-state index is 0.0509. The Morgan fingerprint density at radius 2 is 1.97 bits per heavy atom. The molecule has 0 bridgehead atoms. The van der Waals surface area contributed by atoms with Crippen LogP contribution in [0.15, 0.2) is 23.2 Å². The van der Waals surface area contributed by atoms with Crippen LogP contribution in [0, 0.1) is 5.92 Å². The first-order chi connectivity index (χ1) is 14.8. The van der Waals surface area contributed by atoms with Crippen molar-refractivity contribution in [2.45, 2.75) is 44.6 Å². The third kappa shape index (κ3) is 7.09. The zero-order chi connectivity index (χ0) is 20.6. The number of hydrogen-bond acceptors (Lipinski definition) is 5. The molecule has 0 spiro atoms. The Hall–Kier alpha value is -2.48. The zero-order valence-corrected chi connectivity index (χ0v) is 17.5. The molecule has 1 aromatic rings. The number of carbonyl (C=O) groups is 1. The van der Waals surface area contributed by atoms with Crippen LogP contribution in [0.4, 0.5) is 5.69 Å². The van der Waals surface area contributed by atoms with Gasteiger partial charge in [-0.2, -0.15) is 0 Å². The number of nitrogens with zero attached hydrogens (tertiary/aromatic N) is 1. The molecular weight excluding hydrogens is 384 g/mol. The maximum Gasteiger partial charge on any atom is 0.242 e. The second-order valence-corrected chi connectivity index (χ2v) is 8.14. The van der Waals surface area contributed by atoms with Gasteiger partial charge in [-0.25, -0.2) is 4.99 Å². The van der Waals surface area contributed by atoms with Crippen molar-refractivity contribution in [2.75, 3.05) is 44.8 Å². The molecule has 1 heterocycles. The standard InChI is InChI=1S/C22H32N4O4/c27-21(25-17-5-6-17)14-24-22(23-9-1-10-28-15-16-3-4-16)26-18-7-8-19-20(13-18)30-12-2-11-29-19/h7-8,13,16-17H,1-6,9-12,14-15H2,(H,25,27)(H2,23,24,26). The number of fused-ring (bicyclic) bond motifs is 1. The third-order valence-electron chi connectivity index (χ3n) is 5.14. The maximum atomic E-state index is 12.0. The Morgan fingerprint density at radius 3 is 2.77 bits per heavy atom. The molecule has 0 radical (unpaired) electrons. The largest absolute Gasteiger partial charge is 0.490 e. The second kappa shape index (κ2) is 10.5. The van der Waals surface area contributed by atoms with Crippen molar-refractivity contribution in [3.05, 3.63) is 18.2 Å². The van der Waals surface area contributed by atoms with E-state index in [-0.39, 0.29) is 12.5 Å². The Balaban J connectivity index is 1.30. The monoisotopic (exact) mass is 416 g/mol. The molecule has 3 aliphatic rings. The number of aliphatic imine (C=N–C) groups is 1. The van der Waals surface area contributed by atoms with Crippen LogP contribution in [0.1, 0.15) is 38.5 Å². The molecular formula is C22H32N4O4. The molecule has 8 nitrogen and oxygen atoms in total. The van der Waals surface area contributed by atoms with Crippen molar-refractivity contribution in [3.63, 3.8) is 0 Å². The fourth-order valence-corrected chi connectivity index (χ4v) is 3.08. The number of anilines is 1. The highest BCUT2D eigenvalue weighted by Gasteiger charge is 2.23. The quantitative estimate of drug-likeness (QED) is 0.308. The number of guanidine groups is 1. The summed E-state index contributed by atoms with van der Waals surface area (Å²) in [7, 11) is 0. The summed E-state index contributed by atoms with van der Waals surface area (Å²) in [5.41, 5.74) is 0.832. The number of carbonyl (C=O) groups excluding carboxylic acids is 1. The Labute approximate surface area is 177 Å². The molecule has 0 aromatic heterocycles. The first kappa shape index (κ1) is 20.8. The summed E-state index contributed by atoms with van der Waals surface area (Å²) in [6, 6.07) is 6.06. The molecule has 3 N–H and O–H groups in total. The maximum absolute atomic E-state index is 12.0. The van der Waals surface area contributed by atoms with Crippen LogP contribution in [-0.2, 0) is 9.53 Å². The second-order valence-electron chi connectivity index (χ2n) is 8.14. The van der Waals surface area contributed by atoms with Crippen LogP contribution < -0.4 is 25.4 Å². The van der Waals surface area contributed by atoms with E-state index in [0.29, 0.717) is 31.8 Å². The van der Waals surface area contributed by atoms with E-state index in [0.717, 1.165) is 62.0 Å². The summed E-state index contributed by atoms with van der Waals surface area (Å²) < 4.78 is 17.1. The fourth-order valence-electron chi connectivity index (χ4n) is 3.08. The highest BCUT2D eigenvalue weighted by molar-refractivity contribution is 5.95. The van der Waals surface area contributed by atoms with Gasteiger partial charge in [0.1, 0.15) is 6.54 Å². The molecule has 30 heavy (non-hydrogen) atoms. The van der Waals surface area contributed by atoms with Crippen LogP contribution in [0.2, 0.25) is 0 Å². The summed E-state index contributed by atoms with van der Waals surface area (Å²) >= 11 is 0. The van der Waals surface area contributed by atoms with Crippen molar-refractivity contribution >= 4 is 17.6 Å². The van der Waals surface area contributed by atoms with E-state index in [4.69, 9.17) is 14.2 Å². The Morgan fingerprint density at radius 1 is 1.13 bits per heavy atom. The van der Waals surface area contributed by atoms with E-state index in [9.17, 15) is 4.79 Å². The summed E-state index contributed by atoms with van der Waals surface area (Å²) in [6.07, 6.45) is 6.48. The lowest BCUT2D eigenvalue weighted by atomic mass is 10.2. The van der Waals surface area contributed by atoms with Crippen LogP contribution >= 0.6 is 0 Å². The van der Waals surface area contributed by atoms with Crippen LogP contribution in [-0.4, -0.2) is 57.4 Å². The van der Waals surface area contributed by atoms with Crippen molar-refractivity contribution in [1.29, 1.82) is 0 Å².